The topological polar surface area (TPSA) is 38.5 Å². The number of benzene rings is 1. The summed E-state index contributed by atoms with van der Waals surface area (Å²) in [6.07, 6.45) is 7.44. The molecule has 0 aliphatic heterocycles. The van der Waals surface area contributed by atoms with Crippen molar-refractivity contribution in [3.63, 3.8) is 0 Å². The third-order valence-corrected chi connectivity index (χ3v) is 7.80. The van der Waals surface area contributed by atoms with Crippen molar-refractivity contribution < 1.29 is 8.42 Å². The standard InChI is InChI=1S/C20H25NO2S/c1-15-7-9-18(10-8-15)24(22,23)19(21-3)16-11-13-20(2)12-5-4-6-17(20)14-16/h7-10,17H,4-6,11-14H2,1-2H3/b19-16+/t17-,20-/m0/s1. The molecule has 4 heteroatoms. The second-order valence-electron chi connectivity index (χ2n) is 7.64. The molecule has 2 saturated carbocycles. The van der Waals surface area contributed by atoms with Gasteiger partial charge in [-0.25, -0.2) is 13.3 Å². The fourth-order valence-corrected chi connectivity index (χ4v) is 5.74. The predicted octanol–water partition coefficient (Wildman–Crippen LogP) is 5.28. The zero-order valence-electron chi connectivity index (χ0n) is 14.5. The van der Waals surface area contributed by atoms with E-state index in [-0.39, 0.29) is 9.92 Å². The van der Waals surface area contributed by atoms with Gasteiger partial charge in [-0.05, 0) is 62.5 Å². The Morgan fingerprint density at radius 3 is 2.58 bits per heavy atom. The average molecular weight is 343 g/mol. The average Bonchev–Trinajstić information content (AvgIpc) is 2.55. The molecule has 2 atom stereocenters. The first-order chi connectivity index (χ1) is 11.4. The number of allylic oxidation sites excluding steroid dienone is 1. The molecule has 128 valence electrons. The van der Waals surface area contributed by atoms with E-state index in [1.54, 1.807) is 24.3 Å². The Hall–Kier alpha value is -1.60. The van der Waals surface area contributed by atoms with Gasteiger partial charge < -0.3 is 0 Å². The fourth-order valence-electron chi connectivity index (χ4n) is 4.34. The zero-order valence-corrected chi connectivity index (χ0v) is 15.3. The maximum atomic E-state index is 12.9. The van der Waals surface area contributed by atoms with Gasteiger partial charge in [-0.1, -0.05) is 43.0 Å². The van der Waals surface area contributed by atoms with Gasteiger partial charge in [-0.2, -0.15) is 0 Å². The molecule has 3 rings (SSSR count). The summed E-state index contributed by atoms with van der Waals surface area (Å²) in [4.78, 5) is 3.72. The van der Waals surface area contributed by atoms with Gasteiger partial charge in [0.1, 0.15) is 0 Å². The van der Waals surface area contributed by atoms with Crippen LogP contribution in [0.4, 0.5) is 0 Å². The van der Waals surface area contributed by atoms with Gasteiger partial charge in [-0.15, -0.1) is 0 Å². The molecule has 0 unspecified atom stereocenters. The fraction of sp³-hybridized carbons (Fsp3) is 0.550. The van der Waals surface area contributed by atoms with Crippen LogP contribution < -0.4 is 0 Å². The van der Waals surface area contributed by atoms with Gasteiger partial charge in [0.2, 0.25) is 9.84 Å². The zero-order chi connectivity index (χ0) is 17.4. The Labute approximate surface area is 145 Å². The Kier molecular flexibility index (Phi) is 4.57. The summed E-state index contributed by atoms with van der Waals surface area (Å²) in [5.74, 6) is 0.528. The Balaban J connectivity index is 1.97. The van der Waals surface area contributed by atoms with Crippen molar-refractivity contribution in [2.75, 3.05) is 0 Å². The van der Waals surface area contributed by atoms with E-state index in [1.165, 1.54) is 19.3 Å². The van der Waals surface area contributed by atoms with Crippen LogP contribution in [-0.4, -0.2) is 8.42 Å². The number of rotatable bonds is 2. The van der Waals surface area contributed by atoms with Crippen LogP contribution in [0, 0.1) is 24.8 Å². The molecule has 0 N–H and O–H groups in total. The molecular weight excluding hydrogens is 318 g/mol. The molecule has 0 aromatic heterocycles. The normalized spacial score (nSPS) is 29.5. The van der Waals surface area contributed by atoms with Gasteiger partial charge in [0, 0.05) is 0 Å². The van der Waals surface area contributed by atoms with Crippen LogP contribution in [0.15, 0.2) is 39.8 Å². The smallest absolute Gasteiger partial charge is 0.230 e. The lowest BCUT2D eigenvalue weighted by Gasteiger charge is -2.46. The van der Waals surface area contributed by atoms with E-state index in [2.05, 4.69) is 11.8 Å². The summed E-state index contributed by atoms with van der Waals surface area (Å²) in [5, 5.41) is -0.0148. The molecule has 0 spiro atoms. The van der Waals surface area contributed by atoms with E-state index in [0.29, 0.717) is 11.3 Å². The number of aryl methyl sites for hydroxylation is 1. The van der Waals surface area contributed by atoms with E-state index in [0.717, 1.165) is 36.8 Å². The number of fused-ring (bicyclic) bond motifs is 1. The summed E-state index contributed by atoms with van der Waals surface area (Å²) >= 11 is 0. The van der Waals surface area contributed by atoms with E-state index in [4.69, 9.17) is 6.57 Å². The highest BCUT2D eigenvalue weighted by Crippen LogP contribution is 2.52. The lowest BCUT2D eigenvalue weighted by molar-refractivity contribution is 0.0849. The van der Waals surface area contributed by atoms with Crippen LogP contribution in [0.1, 0.15) is 57.4 Å². The highest BCUT2D eigenvalue weighted by molar-refractivity contribution is 7.95. The van der Waals surface area contributed by atoms with E-state index >= 15 is 0 Å². The van der Waals surface area contributed by atoms with Gasteiger partial charge in [0.05, 0.1) is 11.5 Å². The molecular formula is C20H25NO2S. The highest BCUT2D eigenvalue weighted by atomic mass is 32.2. The number of nitrogens with zero attached hydrogens (tertiary/aromatic N) is 1. The Morgan fingerprint density at radius 1 is 1.21 bits per heavy atom. The second kappa shape index (κ2) is 6.37. The number of hydrogen-bond acceptors (Lipinski definition) is 2. The summed E-state index contributed by atoms with van der Waals surface area (Å²) < 4.78 is 25.9. The lowest BCUT2D eigenvalue weighted by Crippen LogP contribution is -2.35. The van der Waals surface area contributed by atoms with E-state index in [1.807, 2.05) is 6.92 Å². The lowest BCUT2D eigenvalue weighted by atomic mass is 9.60. The largest absolute Gasteiger partial charge is 0.282 e. The van der Waals surface area contributed by atoms with Gasteiger partial charge >= 0.3 is 0 Å². The first-order valence-electron chi connectivity index (χ1n) is 8.78. The summed E-state index contributed by atoms with van der Waals surface area (Å²) in [5.41, 5.74) is 2.21. The molecule has 0 saturated heterocycles. The van der Waals surface area contributed by atoms with Crippen molar-refractivity contribution in [1.29, 1.82) is 0 Å². The van der Waals surface area contributed by atoms with Gasteiger partial charge in [0.25, 0.3) is 5.03 Å². The van der Waals surface area contributed by atoms with Crippen molar-refractivity contribution >= 4 is 9.84 Å². The number of sulfone groups is 1. The van der Waals surface area contributed by atoms with Crippen LogP contribution in [0.5, 0.6) is 0 Å². The first-order valence-corrected chi connectivity index (χ1v) is 10.3. The monoisotopic (exact) mass is 343 g/mol. The molecule has 2 aliphatic carbocycles. The molecule has 1 aromatic rings. The molecule has 2 fully saturated rings. The van der Waals surface area contributed by atoms with Crippen molar-refractivity contribution in [1.82, 2.24) is 0 Å². The predicted molar refractivity (Wildman–Crippen MR) is 95.9 cm³/mol. The van der Waals surface area contributed by atoms with Crippen LogP contribution in [0.2, 0.25) is 0 Å². The van der Waals surface area contributed by atoms with Crippen LogP contribution >= 0.6 is 0 Å². The van der Waals surface area contributed by atoms with E-state index < -0.39 is 9.84 Å². The molecule has 24 heavy (non-hydrogen) atoms. The molecule has 0 bridgehead atoms. The van der Waals surface area contributed by atoms with Crippen LogP contribution in [0.25, 0.3) is 4.85 Å². The first kappa shape index (κ1) is 17.2. The van der Waals surface area contributed by atoms with Gasteiger partial charge in [0.15, 0.2) is 0 Å². The molecule has 0 heterocycles. The van der Waals surface area contributed by atoms with Crippen LogP contribution in [0.3, 0.4) is 0 Å². The minimum absolute atomic E-state index is 0.0148. The Morgan fingerprint density at radius 2 is 1.92 bits per heavy atom. The van der Waals surface area contributed by atoms with Crippen molar-refractivity contribution in [2.45, 2.75) is 63.7 Å². The Bertz CT molecular complexity index is 799. The van der Waals surface area contributed by atoms with Crippen molar-refractivity contribution in [3.8, 4) is 0 Å². The summed E-state index contributed by atoms with van der Waals surface area (Å²) in [7, 11) is -3.70. The van der Waals surface area contributed by atoms with Crippen LogP contribution in [-0.2, 0) is 9.84 Å². The molecule has 3 nitrogen and oxygen atoms in total. The minimum atomic E-state index is -3.70. The molecule has 0 radical (unpaired) electrons. The summed E-state index contributed by atoms with van der Waals surface area (Å²) in [6.45, 7) is 11.8. The number of hydrogen-bond donors (Lipinski definition) is 0. The minimum Gasteiger partial charge on any atom is -0.230 e. The maximum absolute atomic E-state index is 12.9. The maximum Gasteiger partial charge on any atom is 0.282 e. The van der Waals surface area contributed by atoms with Crippen molar-refractivity contribution in [2.24, 2.45) is 11.3 Å². The molecule has 2 aliphatic rings. The van der Waals surface area contributed by atoms with E-state index in [9.17, 15) is 8.42 Å². The van der Waals surface area contributed by atoms with Crippen molar-refractivity contribution in [3.05, 3.63) is 51.8 Å². The third-order valence-electron chi connectivity index (χ3n) is 6.02. The van der Waals surface area contributed by atoms with Gasteiger partial charge in [-0.3, -0.25) is 0 Å². The highest BCUT2D eigenvalue weighted by Gasteiger charge is 2.41. The third kappa shape index (κ3) is 3.02. The molecule has 0 amide bonds. The SMILES string of the molecule is [C-]#[N+]/C(=C1/CC[C@]2(C)CCCC[C@H]2C1)S(=O)(=O)c1ccc(C)cc1. The molecule has 1 aromatic carbocycles. The second-order valence-corrected chi connectivity index (χ2v) is 9.50. The summed E-state index contributed by atoms with van der Waals surface area (Å²) in [6, 6.07) is 6.81. The quantitative estimate of drug-likeness (QED) is 0.685.